The molecule has 0 saturated carbocycles. The number of carboxylic acids is 1. The van der Waals surface area contributed by atoms with E-state index >= 15 is 0 Å². The molecule has 5 nitrogen and oxygen atoms in total. The standard InChI is InChI=1S/C12H13N3O2S/c16-12(17)5-10-8-18-11(15-10)7-13-6-9-3-1-2-4-14-9/h1-4,8,13H,5-7H2,(H,16,17). The molecule has 0 aromatic carbocycles. The van der Waals surface area contributed by atoms with Crippen LogP contribution >= 0.6 is 11.3 Å². The molecule has 0 unspecified atom stereocenters. The van der Waals surface area contributed by atoms with Crippen LogP contribution in [0, 0.1) is 0 Å². The molecule has 2 N–H and O–H groups in total. The lowest BCUT2D eigenvalue weighted by atomic mass is 10.3. The smallest absolute Gasteiger partial charge is 0.309 e. The molecule has 6 heteroatoms. The molecule has 0 aliphatic heterocycles. The van der Waals surface area contributed by atoms with Gasteiger partial charge in [-0.3, -0.25) is 9.78 Å². The zero-order valence-electron chi connectivity index (χ0n) is 9.67. The maximum atomic E-state index is 10.5. The average molecular weight is 263 g/mol. The molecule has 18 heavy (non-hydrogen) atoms. The van der Waals surface area contributed by atoms with Gasteiger partial charge in [-0.25, -0.2) is 4.98 Å². The summed E-state index contributed by atoms with van der Waals surface area (Å²) in [5.41, 5.74) is 1.59. The molecular weight excluding hydrogens is 250 g/mol. The Hall–Kier alpha value is -1.79. The van der Waals surface area contributed by atoms with Gasteiger partial charge in [0.2, 0.25) is 0 Å². The summed E-state index contributed by atoms with van der Waals surface area (Å²) >= 11 is 1.47. The van der Waals surface area contributed by atoms with E-state index in [0.717, 1.165) is 10.7 Å². The van der Waals surface area contributed by atoms with E-state index in [4.69, 9.17) is 5.11 Å². The number of carbonyl (C=O) groups is 1. The van der Waals surface area contributed by atoms with E-state index < -0.39 is 5.97 Å². The van der Waals surface area contributed by atoms with Gasteiger partial charge in [0.25, 0.3) is 0 Å². The van der Waals surface area contributed by atoms with Gasteiger partial charge in [-0.2, -0.15) is 0 Å². The average Bonchev–Trinajstić information content (AvgIpc) is 2.77. The van der Waals surface area contributed by atoms with Crippen LogP contribution in [0.3, 0.4) is 0 Å². The Morgan fingerprint density at radius 2 is 2.22 bits per heavy atom. The van der Waals surface area contributed by atoms with E-state index in [-0.39, 0.29) is 6.42 Å². The highest BCUT2D eigenvalue weighted by atomic mass is 32.1. The Labute approximate surface area is 109 Å². The van der Waals surface area contributed by atoms with Gasteiger partial charge in [0.05, 0.1) is 17.8 Å². The lowest BCUT2D eigenvalue weighted by Gasteiger charge is -2.01. The first kappa shape index (κ1) is 12.7. The number of hydrogen-bond acceptors (Lipinski definition) is 5. The molecule has 2 rings (SSSR count). The molecule has 2 aromatic heterocycles. The Morgan fingerprint density at radius 3 is 2.94 bits per heavy atom. The third-order valence-corrected chi connectivity index (χ3v) is 3.14. The number of aliphatic carboxylic acids is 1. The summed E-state index contributed by atoms with van der Waals surface area (Å²) in [6.45, 7) is 1.30. The molecule has 0 amide bonds. The largest absolute Gasteiger partial charge is 0.481 e. The minimum Gasteiger partial charge on any atom is -0.481 e. The van der Waals surface area contributed by atoms with Crippen LogP contribution in [-0.2, 0) is 24.3 Å². The summed E-state index contributed by atoms with van der Waals surface area (Å²) < 4.78 is 0. The topological polar surface area (TPSA) is 75.1 Å². The van der Waals surface area contributed by atoms with Gasteiger partial charge in [-0.15, -0.1) is 11.3 Å². The monoisotopic (exact) mass is 263 g/mol. The number of hydrogen-bond donors (Lipinski definition) is 2. The van der Waals surface area contributed by atoms with Crippen molar-refractivity contribution >= 4 is 17.3 Å². The van der Waals surface area contributed by atoms with E-state index in [1.165, 1.54) is 11.3 Å². The highest BCUT2D eigenvalue weighted by molar-refractivity contribution is 7.09. The normalized spacial score (nSPS) is 10.4. The quantitative estimate of drug-likeness (QED) is 0.825. The fraction of sp³-hybridized carbons (Fsp3) is 0.250. The van der Waals surface area contributed by atoms with Gasteiger partial charge in [0.1, 0.15) is 5.01 Å². The van der Waals surface area contributed by atoms with Crippen LogP contribution in [0.25, 0.3) is 0 Å². The Morgan fingerprint density at radius 1 is 1.33 bits per heavy atom. The van der Waals surface area contributed by atoms with Crippen molar-refractivity contribution in [3.8, 4) is 0 Å². The Kier molecular flexibility index (Phi) is 4.38. The maximum Gasteiger partial charge on any atom is 0.309 e. The second-order valence-corrected chi connectivity index (χ2v) is 4.67. The highest BCUT2D eigenvalue weighted by Crippen LogP contribution is 2.10. The van der Waals surface area contributed by atoms with Crippen molar-refractivity contribution in [2.24, 2.45) is 0 Å². The van der Waals surface area contributed by atoms with Gasteiger partial charge in [-0.05, 0) is 12.1 Å². The number of nitrogens with zero attached hydrogens (tertiary/aromatic N) is 2. The summed E-state index contributed by atoms with van der Waals surface area (Å²) in [6.07, 6.45) is 1.74. The summed E-state index contributed by atoms with van der Waals surface area (Å²) in [5.74, 6) is -0.853. The first-order valence-corrected chi connectivity index (χ1v) is 6.37. The minimum absolute atomic E-state index is 0.0171. The van der Waals surface area contributed by atoms with E-state index in [0.29, 0.717) is 18.8 Å². The fourth-order valence-corrected chi connectivity index (χ4v) is 2.23. The van der Waals surface area contributed by atoms with Crippen molar-refractivity contribution in [1.82, 2.24) is 15.3 Å². The molecule has 0 aliphatic rings. The van der Waals surface area contributed by atoms with Crippen molar-refractivity contribution in [3.63, 3.8) is 0 Å². The van der Waals surface area contributed by atoms with Gasteiger partial charge in [0.15, 0.2) is 0 Å². The summed E-state index contributed by atoms with van der Waals surface area (Å²) in [5, 5.41) is 14.5. The fourth-order valence-electron chi connectivity index (χ4n) is 1.47. The van der Waals surface area contributed by atoms with Gasteiger partial charge >= 0.3 is 5.97 Å². The molecular formula is C12H13N3O2S. The van der Waals surface area contributed by atoms with Crippen LogP contribution in [-0.4, -0.2) is 21.0 Å². The second-order valence-electron chi connectivity index (χ2n) is 3.73. The molecule has 0 bridgehead atoms. The number of aromatic nitrogens is 2. The maximum absolute atomic E-state index is 10.5. The summed E-state index contributed by atoms with van der Waals surface area (Å²) in [4.78, 5) is 19.0. The van der Waals surface area contributed by atoms with Crippen molar-refractivity contribution in [1.29, 1.82) is 0 Å². The first-order valence-electron chi connectivity index (χ1n) is 5.50. The third-order valence-electron chi connectivity index (χ3n) is 2.24. The lowest BCUT2D eigenvalue weighted by molar-refractivity contribution is -0.136. The molecule has 2 aromatic rings. The van der Waals surface area contributed by atoms with Gasteiger partial charge in [-0.1, -0.05) is 6.07 Å². The number of carboxylic acid groups (broad SMARTS) is 1. The Balaban J connectivity index is 1.80. The van der Waals surface area contributed by atoms with Gasteiger partial charge < -0.3 is 10.4 Å². The molecule has 0 radical (unpaired) electrons. The van der Waals surface area contributed by atoms with Crippen molar-refractivity contribution in [3.05, 3.63) is 46.2 Å². The predicted octanol–water partition coefficient (Wildman–Crippen LogP) is 1.46. The molecule has 94 valence electrons. The van der Waals surface area contributed by atoms with Crippen LogP contribution in [0.5, 0.6) is 0 Å². The molecule has 0 atom stereocenters. The minimum atomic E-state index is -0.853. The zero-order chi connectivity index (χ0) is 12.8. The Bertz CT molecular complexity index is 513. The number of thiazole rings is 1. The number of pyridine rings is 1. The van der Waals surface area contributed by atoms with Crippen LogP contribution in [0.15, 0.2) is 29.8 Å². The van der Waals surface area contributed by atoms with E-state index in [1.807, 2.05) is 18.2 Å². The van der Waals surface area contributed by atoms with Crippen LogP contribution in [0.2, 0.25) is 0 Å². The van der Waals surface area contributed by atoms with E-state index in [2.05, 4.69) is 15.3 Å². The molecule has 0 spiro atoms. The first-order chi connectivity index (χ1) is 8.74. The second kappa shape index (κ2) is 6.23. The predicted molar refractivity (Wildman–Crippen MR) is 68.2 cm³/mol. The molecule has 0 saturated heterocycles. The lowest BCUT2D eigenvalue weighted by Crippen LogP contribution is -2.13. The number of rotatable bonds is 6. The highest BCUT2D eigenvalue weighted by Gasteiger charge is 2.05. The van der Waals surface area contributed by atoms with Crippen molar-refractivity contribution in [2.75, 3.05) is 0 Å². The van der Waals surface area contributed by atoms with E-state index in [1.54, 1.807) is 11.6 Å². The van der Waals surface area contributed by atoms with Crippen molar-refractivity contribution in [2.45, 2.75) is 19.5 Å². The molecule has 2 heterocycles. The molecule has 0 aliphatic carbocycles. The van der Waals surface area contributed by atoms with Gasteiger partial charge in [0, 0.05) is 24.7 Å². The SMILES string of the molecule is O=C(O)Cc1csc(CNCc2ccccn2)n1. The number of nitrogens with one attached hydrogen (secondary N) is 1. The zero-order valence-corrected chi connectivity index (χ0v) is 10.5. The van der Waals surface area contributed by atoms with Crippen LogP contribution < -0.4 is 5.32 Å². The van der Waals surface area contributed by atoms with E-state index in [9.17, 15) is 4.79 Å². The van der Waals surface area contributed by atoms with Crippen molar-refractivity contribution < 1.29 is 9.90 Å². The summed E-state index contributed by atoms with van der Waals surface area (Å²) in [6, 6.07) is 5.77. The summed E-state index contributed by atoms with van der Waals surface area (Å²) in [7, 11) is 0. The van der Waals surface area contributed by atoms with Crippen LogP contribution in [0.4, 0.5) is 0 Å². The van der Waals surface area contributed by atoms with Crippen LogP contribution in [0.1, 0.15) is 16.4 Å². The molecule has 0 fully saturated rings. The third kappa shape index (κ3) is 3.90.